The number of carbonyl (C=O) groups is 2. The van der Waals surface area contributed by atoms with Gasteiger partial charge in [-0.15, -0.1) is 0 Å². The van der Waals surface area contributed by atoms with E-state index in [-0.39, 0.29) is 10.8 Å². The van der Waals surface area contributed by atoms with E-state index in [1.165, 1.54) is 0 Å². The summed E-state index contributed by atoms with van der Waals surface area (Å²) in [7, 11) is 0. The second kappa shape index (κ2) is 10.2. The number of benzene rings is 2. The third-order valence-electron chi connectivity index (χ3n) is 5.70. The fourth-order valence-electron chi connectivity index (χ4n) is 3.88. The zero-order valence-corrected chi connectivity index (χ0v) is 23.1. The fourth-order valence-corrected chi connectivity index (χ4v) is 3.88. The highest BCUT2D eigenvalue weighted by Crippen LogP contribution is 2.41. The molecular weight excluding hydrogens is 436 g/mol. The number of rotatable bonds is 6. The van der Waals surface area contributed by atoms with Crippen molar-refractivity contribution < 1.29 is 19.1 Å². The molecule has 35 heavy (non-hydrogen) atoms. The van der Waals surface area contributed by atoms with Crippen LogP contribution in [0.2, 0.25) is 0 Å². The molecule has 0 saturated carbocycles. The minimum Gasteiger partial charge on any atom is -0.423 e. The van der Waals surface area contributed by atoms with Gasteiger partial charge in [-0.2, -0.15) is 0 Å². The van der Waals surface area contributed by atoms with Gasteiger partial charge in [-0.1, -0.05) is 90.1 Å². The SMILES string of the molecule is C=C(C)C(=O)Oc1c(Cc2cc(C)cc(C(C)(C)C)c2OC(=O)C(=C)C)cc(C)cc1C(C)(C)C. The highest BCUT2D eigenvalue weighted by atomic mass is 16.5. The smallest absolute Gasteiger partial charge is 0.338 e. The molecule has 2 aromatic rings. The van der Waals surface area contributed by atoms with Crippen LogP contribution < -0.4 is 9.47 Å². The summed E-state index contributed by atoms with van der Waals surface area (Å²) >= 11 is 0. The van der Waals surface area contributed by atoms with Crippen LogP contribution in [-0.4, -0.2) is 11.9 Å². The fraction of sp³-hybridized carbons (Fsp3) is 0.419. The summed E-state index contributed by atoms with van der Waals surface area (Å²) in [4.78, 5) is 25.2. The van der Waals surface area contributed by atoms with E-state index in [4.69, 9.17) is 9.47 Å². The molecule has 0 unspecified atom stereocenters. The Labute approximate surface area is 211 Å². The molecule has 0 radical (unpaired) electrons. The maximum Gasteiger partial charge on any atom is 0.338 e. The summed E-state index contributed by atoms with van der Waals surface area (Å²) in [5.74, 6) is 0.141. The second-order valence-electron chi connectivity index (χ2n) is 11.6. The summed E-state index contributed by atoms with van der Waals surface area (Å²) in [6, 6.07) is 8.17. The number of ether oxygens (including phenoxy) is 2. The van der Waals surface area contributed by atoms with E-state index in [1.54, 1.807) is 13.8 Å². The van der Waals surface area contributed by atoms with Crippen molar-refractivity contribution >= 4 is 11.9 Å². The first-order chi connectivity index (χ1) is 15.9. The molecule has 0 spiro atoms. The van der Waals surface area contributed by atoms with E-state index in [0.717, 1.165) is 33.4 Å². The van der Waals surface area contributed by atoms with E-state index in [2.05, 4.69) is 66.8 Å². The van der Waals surface area contributed by atoms with E-state index >= 15 is 0 Å². The van der Waals surface area contributed by atoms with Crippen LogP contribution >= 0.6 is 0 Å². The van der Waals surface area contributed by atoms with Crippen molar-refractivity contribution in [3.8, 4) is 11.5 Å². The summed E-state index contributed by atoms with van der Waals surface area (Å²) in [6.45, 7) is 27.4. The molecule has 0 aromatic heterocycles. The molecule has 0 fully saturated rings. The van der Waals surface area contributed by atoms with Crippen LogP contribution in [-0.2, 0) is 26.8 Å². The van der Waals surface area contributed by atoms with Crippen molar-refractivity contribution in [2.45, 2.75) is 86.5 Å². The van der Waals surface area contributed by atoms with E-state index in [9.17, 15) is 9.59 Å². The van der Waals surface area contributed by atoms with Crippen LogP contribution in [0.5, 0.6) is 11.5 Å². The van der Waals surface area contributed by atoms with Gasteiger partial charge >= 0.3 is 11.9 Å². The lowest BCUT2D eigenvalue weighted by Crippen LogP contribution is -2.20. The summed E-state index contributed by atoms with van der Waals surface area (Å²) < 4.78 is 11.8. The molecule has 0 N–H and O–H groups in total. The number of carbonyl (C=O) groups excluding carboxylic acids is 2. The van der Waals surface area contributed by atoms with Gasteiger partial charge < -0.3 is 9.47 Å². The Kier molecular flexibility index (Phi) is 8.21. The van der Waals surface area contributed by atoms with Gasteiger partial charge in [0.15, 0.2) is 0 Å². The molecule has 2 aromatic carbocycles. The molecule has 0 aliphatic carbocycles. The molecule has 0 amide bonds. The molecule has 0 saturated heterocycles. The highest BCUT2D eigenvalue weighted by Gasteiger charge is 2.28. The van der Waals surface area contributed by atoms with Crippen LogP contribution in [0.4, 0.5) is 0 Å². The molecule has 0 aliphatic rings. The third-order valence-corrected chi connectivity index (χ3v) is 5.70. The van der Waals surface area contributed by atoms with Gasteiger partial charge in [0.1, 0.15) is 11.5 Å². The third kappa shape index (κ3) is 6.94. The Bertz CT molecular complexity index is 1090. The van der Waals surface area contributed by atoms with Crippen molar-refractivity contribution in [2.75, 3.05) is 0 Å². The van der Waals surface area contributed by atoms with Crippen LogP contribution in [0.1, 0.15) is 88.8 Å². The van der Waals surface area contributed by atoms with Gasteiger partial charge in [0.25, 0.3) is 0 Å². The molecule has 0 heterocycles. The number of esters is 2. The lowest BCUT2D eigenvalue weighted by atomic mass is 9.81. The number of hydrogen-bond donors (Lipinski definition) is 0. The molecule has 2 rings (SSSR count). The lowest BCUT2D eigenvalue weighted by molar-refractivity contribution is -0.131. The highest BCUT2D eigenvalue weighted by molar-refractivity contribution is 5.90. The van der Waals surface area contributed by atoms with Gasteiger partial charge in [-0.05, 0) is 38.5 Å². The van der Waals surface area contributed by atoms with Crippen molar-refractivity contribution in [1.82, 2.24) is 0 Å². The Balaban J connectivity index is 2.82. The van der Waals surface area contributed by atoms with E-state index < -0.39 is 11.9 Å². The zero-order valence-electron chi connectivity index (χ0n) is 23.1. The maximum atomic E-state index is 12.6. The second-order valence-corrected chi connectivity index (χ2v) is 11.6. The number of hydrogen-bond acceptors (Lipinski definition) is 4. The quantitative estimate of drug-likeness (QED) is 0.247. The van der Waals surface area contributed by atoms with Crippen LogP contribution in [0.25, 0.3) is 0 Å². The van der Waals surface area contributed by atoms with Gasteiger partial charge in [-0.25, -0.2) is 9.59 Å². The van der Waals surface area contributed by atoms with Crippen molar-refractivity contribution in [2.24, 2.45) is 0 Å². The molecule has 4 nitrogen and oxygen atoms in total. The van der Waals surface area contributed by atoms with Gasteiger partial charge in [0.2, 0.25) is 0 Å². The predicted molar refractivity (Wildman–Crippen MR) is 143 cm³/mol. The summed E-state index contributed by atoms with van der Waals surface area (Å²) in [5.41, 5.74) is 5.83. The van der Waals surface area contributed by atoms with E-state index in [1.807, 2.05) is 26.0 Å². The topological polar surface area (TPSA) is 52.6 Å². The molecule has 0 aliphatic heterocycles. The predicted octanol–water partition coefficient (Wildman–Crippen LogP) is 7.45. The van der Waals surface area contributed by atoms with Gasteiger partial charge in [-0.3, -0.25) is 0 Å². The van der Waals surface area contributed by atoms with Crippen molar-refractivity contribution in [3.63, 3.8) is 0 Å². The maximum absolute atomic E-state index is 12.6. The summed E-state index contributed by atoms with van der Waals surface area (Å²) in [6.07, 6.45) is 0.424. The Morgan fingerprint density at radius 3 is 1.26 bits per heavy atom. The molecular formula is C31H40O4. The lowest BCUT2D eigenvalue weighted by Gasteiger charge is -2.27. The van der Waals surface area contributed by atoms with Gasteiger partial charge in [0, 0.05) is 39.8 Å². The monoisotopic (exact) mass is 476 g/mol. The van der Waals surface area contributed by atoms with Crippen molar-refractivity contribution in [1.29, 1.82) is 0 Å². The zero-order chi connectivity index (χ0) is 26.9. The Morgan fingerprint density at radius 1 is 0.686 bits per heavy atom. The Hall–Kier alpha value is -3.14. The van der Waals surface area contributed by atoms with Crippen LogP contribution in [0.15, 0.2) is 48.6 Å². The normalized spacial score (nSPS) is 11.7. The average molecular weight is 477 g/mol. The van der Waals surface area contributed by atoms with Crippen molar-refractivity contribution in [3.05, 3.63) is 82.0 Å². The minimum atomic E-state index is -0.464. The summed E-state index contributed by atoms with van der Waals surface area (Å²) in [5, 5.41) is 0. The van der Waals surface area contributed by atoms with Crippen LogP contribution in [0.3, 0.4) is 0 Å². The average Bonchev–Trinajstić information content (AvgIpc) is 2.69. The molecule has 188 valence electrons. The molecule has 4 heteroatoms. The van der Waals surface area contributed by atoms with Gasteiger partial charge in [0.05, 0.1) is 0 Å². The minimum absolute atomic E-state index is 0.260. The standard InChI is InChI=1S/C31H40O4/c1-18(2)28(32)34-26-22(13-20(5)15-24(26)30(7,8)9)17-23-14-21(6)16-25(31(10,11)12)27(23)35-29(33)19(3)4/h13-16H,1,3,17H2,2,4-12H3. The van der Waals surface area contributed by atoms with E-state index in [0.29, 0.717) is 29.1 Å². The van der Waals surface area contributed by atoms with Crippen LogP contribution in [0, 0.1) is 13.8 Å². The Morgan fingerprint density at radius 2 is 1.00 bits per heavy atom. The molecule has 0 atom stereocenters. The first-order valence-electron chi connectivity index (χ1n) is 11.9. The molecule has 0 bridgehead atoms. The first-order valence-corrected chi connectivity index (χ1v) is 11.9. The number of aryl methyl sites for hydroxylation is 2. The largest absolute Gasteiger partial charge is 0.423 e. The first kappa shape index (κ1) is 28.1.